The van der Waals surface area contributed by atoms with Crippen molar-refractivity contribution in [1.29, 1.82) is 0 Å². The Morgan fingerprint density at radius 3 is 2.27 bits per heavy atom. The third-order valence-corrected chi connectivity index (χ3v) is 6.79. The Kier molecular flexibility index (Phi) is 6.67. The molecule has 7 nitrogen and oxygen atoms in total. The first-order valence-corrected chi connectivity index (χ1v) is 11.5. The van der Waals surface area contributed by atoms with Crippen molar-refractivity contribution in [3.8, 4) is 11.1 Å². The van der Waals surface area contributed by atoms with Gasteiger partial charge < -0.3 is 20.1 Å². The molecular formula is C26H30N2O5. The number of carbonyl (C=O) groups excluding carboxylic acids is 2. The van der Waals surface area contributed by atoms with Gasteiger partial charge in [-0.05, 0) is 42.0 Å². The van der Waals surface area contributed by atoms with E-state index in [4.69, 9.17) is 4.74 Å². The van der Waals surface area contributed by atoms with Crippen LogP contribution in [0, 0.1) is 5.92 Å². The third kappa shape index (κ3) is 4.58. The Bertz CT molecular complexity index is 1010. The molecule has 4 rings (SSSR count). The number of amides is 2. The van der Waals surface area contributed by atoms with E-state index >= 15 is 0 Å². The predicted octanol–water partition coefficient (Wildman–Crippen LogP) is 4.02. The molecule has 7 heteroatoms. The summed E-state index contributed by atoms with van der Waals surface area (Å²) in [7, 11) is 0. The zero-order valence-electron chi connectivity index (χ0n) is 19.0. The molecule has 0 saturated carbocycles. The summed E-state index contributed by atoms with van der Waals surface area (Å²) in [6, 6.07) is 15.6. The number of benzene rings is 2. The Morgan fingerprint density at radius 1 is 1.09 bits per heavy atom. The van der Waals surface area contributed by atoms with Crippen LogP contribution in [0.1, 0.15) is 50.2 Å². The fraction of sp³-hybridized carbons (Fsp3) is 0.423. The molecule has 2 aliphatic rings. The number of carbonyl (C=O) groups is 3. The van der Waals surface area contributed by atoms with Crippen molar-refractivity contribution in [2.45, 2.75) is 51.1 Å². The monoisotopic (exact) mass is 450 g/mol. The number of fused-ring (bicyclic) bond motifs is 3. The molecule has 1 saturated heterocycles. The quantitative estimate of drug-likeness (QED) is 0.664. The molecule has 0 aromatic heterocycles. The molecular weight excluding hydrogens is 420 g/mol. The van der Waals surface area contributed by atoms with E-state index in [-0.39, 0.29) is 30.9 Å². The zero-order chi connectivity index (χ0) is 23.5. The fourth-order valence-electron chi connectivity index (χ4n) is 5.23. The van der Waals surface area contributed by atoms with Gasteiger partial charge in [-0.2, -0.15) is 0 Å². The number of aliphatic carboxylic acids is 1. The van der Waals surface area contributed by atoms with Gasteiger partial charge in [-0.15, -0.1) is 0 Å². The topological polar surface area (TPSA) is 95.9 Å². The highest BCUT2D eigenvalue weighted by atomic mass is 16.5. The standard InChI is InChI=1S/C26H30N2O5/c1-3-23-21(25(30)31)12-13-28(23)24(29)14-16(2)27-26(32)33-15-22-19-10-6-4-8-17(19)18-9-5-7-11-20(18)22/h4-11,16,21-23H,3,12-15H2,1-2H3,(H,27,32)(H,30,31). The van der Waals surface area contributed by atoms with Crippen molar-refractivity contribution in [2.24, 2.45) is 5.92 Å². The highest BCUT2D eigenvalue weighted by Gasteiger charge is 2.40. The molecule has 2 N–H and O–H groups in total. The Labute approximate surface area is 193 Å². The molecule has 0 radical (unpaired) electrons. The molecule has 1 aliphatic carbocycles. The van der Waals surface area contributed by atoms with Gasteiger partial charge >= 0.3 is 12.1 Å². The molecule has 3 unspecified atom stereocenters. The first-order valence-electron chi connectivity index (χ1n) is 11.5. The second-order valence-corrected chi connectivity index (χ2v) is 8.87. The summed E-state index contributed by atoms with van der Waals surface area (Å²) >= 11 is 0. The normalized spacial score (nSPS) is 20.1. The van der Waals surface area contributed by atoms with Crippen LogP contribution >= 0.6 is 0 Å². The Morgan fingerprint density at radius 2 is 1.70 bits per heavy atom. The third-order valence-electron chi connectivity index (χ3n) is 6.79. The van der Waals surface area contributed by atoms with E-state index in [2.05, 4.69) is 29.6 Å². The average Bonchev–Trinajstić information content (AvgIpc) is 3.37. The van der Waals surface area contributed by atoms with Gasteiger partial charge in [0.15, 0.2) is 0 Å². The summed E-state index contributed by atoms with van der Waals surface area (Å²) in [5, 5.41) is 12.1. The van der Waals surface area contributed by atoms with E-state index in [0.29, 0.717) is 19.4 Å². The highest BCUT2D eigenvalue weighted by Crippen LogP contribution is 2.44. The van der Waals surface area contributed by atoms with E-state index in [1.54, 1.807) is 11.8 Å². The fourth-order valence-corrected chi connectivity index (χ4v) is 5.23. The van der Waals surface area contributed by atoms with Gasteiger partial charge in [-0.1, -0.05) is 55.5 Å². The SMILES string of the molecule is CCC1C(C(=O)O)CCN1C(=O)CC(C)NC(=O)OCC1c2ccccc2-c2ccccc21. The van der Waals surface area contributed by atoms with E-state index in [1.165, 1.54) is 0 Å². The molecule has 2 aromatic carbocycles. The number of nitrogens with zero attached hydrogens (tertiary/aromatic N) is 1. The summed E-state index contributed by atoms with van der Waals surface area (Å²) in [4.78, 5) is 38.3. The minimum Gasteiger partial charge on any atom is -0.481 e. The first kappa shape index (κ1) is 22.8. The van der Waals surface area contributed by atoms with Gasteiger partial charge in [0.25, 0.3) is 0 Å². The van der Waals surface area contributed by atoms with Crippen molar-refractivity contribution in [3.63, 3.8) is 0 Å². The van der Waals surface area contributed by atoms with Gasteiger partial charge in [0.05, 0.1) is 5.92 Å². The lowest BCUT2D eigenvalue weighted by Gasteiger charge is -2.27. The number of hydrogen-bond donors (Lipinski definition) is 2. The molecule has 2 aromatic rings. The van der Waals surface area contributed by atoms with E-state index in [0.717, 1.165) is 22.3 Å². The lowest BCUT2D eigenvalue weighted by molar-refractivity contribution is -0.143. The number of alkyl carbamates (subject to hydrolysis) is 1. The molecule has 0 bridgehead atoms. The van der Waals surface area contributed by atoms with Crippen molar-refractivity contribution < 1.29 is 24.2 Å². The van der Waals surface area contributed by atoms with Crippen LogP contribution in [0.2, 0.25) is 0 Å². The van der Waals surface area contributed by atoms with Crippen LogP contribution in [0.3, 0.4) is 0 Å². The summed E-state index contributed by atoms with van der Waals surface area (Å²) in [5.41, 5.74) is 4.61. The largest absolute Gasteiger partial charge is 0.481 e. The molecule has 1 fully saturated rings. The molecule has 1 aliphatic heterocycles. The number of rotatable bonds is 7. The van der Waals surface area contributed by atoms with Gasteiger partial charge in [-0.3, -0.25) is 9.59 Å². The van der Waals surface area contributed by atoms with Crippen LogP contribution in [0.4, 0.5) is 4.79 Å². The molecule has 33 heavy (non-hydrogen) atoms. The van der Waals surface area contributed by atoms with Gasteiger partial charge in [0.1, 0.15) is 6.61 Å². The lowest BCUT2D eigenvalue weighted by atomic mass is 9.98. The summed E-state index contributed by atoms with van der Waals surface area (Å²) < 4.78 is 5.56. The lowest BCUT2D eigenvalue weighted by Crippen LogP contribution is -2.43. The maximum atomic E-state index is 12.8. The Balaban J connectivity index is 1.32. The summed E-state index contributed by atoms with van der Waals surface area (Å²) in [6.07, 6.45) is 0.603. The first-order chi connectivity index (χ1) is 15.9. The number of nitrogens with one attached hydrogen (secondary N) is 1. The Hall–Kier alpha value is -3.35. The van der Waals surface area contributed by atoms with Crippen molar-refractivity contribution in [3.05, 3.63) is 59.7 Å². The van der Waals surface area contributed by atoms with Gasteiger partial charge in [0.2, 0.25) is 5.91 Å². The van der Waals surface area contributed by atoms with Crippen LogP contribution in [-0.4, -0.2) is 53.2 Å². The molecule has 0 spiro atoms. The maximum Gasteiger partial charge on any atom is 0.407 e. The second-order valence-electron chi connectivity index (χ2n) is 8.87. The number of ether oxygens (including phenoxy) is 1. The summed E-state index contributed by atoms with van der Waals surface area (Å²) in [6.45, 7) is 4.30. The van der Waals surface area contributed by atoms with E-state index in [9.17, 15) is 19.5 Å². The molecule has 3 atom stereocenters. The van der Waals surface area contributed by atoms with E-state index < -0.39 is 24.0 Å². The molecule has 2 amide bonds. The van der Waals surface area contributed by atoms with Crippen LogP contribution in [-0.2, 0) is 14.3 Å². The van der Waals surface area contributed by atoms with E-state index in [1.807, 2.05) is 31.2 Å². The van der Waals surface area contributed by atoms with Gasteiger partial charge in [-0.25, -0.2) is 4.79 Å². The second kappa shape index (κ2) is 9.65. The smallest absolute Gasteiger partial charge is 0.407 e. The minimum absolute atomic E-state index is 0.0250. The number of hydrogen-bond acceptors (Lipinski definition) is 4. The minimum atomic E-state index is -0.859. The highest BCUT2D eigenvalue weighted by molar-refractivity contribution is 5.81. The van der Waals surface area contributed by atoms with Crippen LogP contribution in [0.15, 0.2) is 48.5 Å². The van der Waals surface area contributed by atoms with Crippen molar-refractivity contribution in [2.75, 3.05) is 13.2 Å². The van der Waals surface area contributed by atoms with Gasteiger partial charge in [0, 0.05) is 31.0 Å². The van der Waals surface area contributed by atoms with Crippen LogP contribution < -0.4 is 5.32 Å². The number of carboxylic acids is 1. The van der Waals surface area contributed by atoms with Crippen molar-refractivity contribution in [1.82, 2.24) is 10.2 Å². The summed E-state index contributed by atoms with van der Waals surface area (Å²) in [5.74, 6) is -1.55. The van der Waals surface area contributed by atoms with Crippen LogP contribution in [0.5, 0.6) is 0 Å². The molecule has 174 valence electrons. The van der Waals surface area contributed by atoms with Crippen molar-refractivity contribution >= 4 is 18.0 Å². The average molecular weight is 451 g/mol. The zero-order valence-corrected chi connectivity index (χ0v) is 19.0. The number of carboxylic acid groups (broad SMARTS) is 1. The molecule has 1 heterocycles. The van der Waals surface area contributed by atoms with Crippen LogP contribution in [0.25, 0.3) is 11.1 Å². The predicted molar refractivity (Wildman–Crippen MR) is 124 cm³/mol. The number of likely N-dealkylation sites (tertiary alicyclic amines) is 1. The maximum absolute atomic E-state index is 12.8.